The summed E-state index contributed by atoms with van der Waals surface area (Å²) in [6, 6.07) is 7.13. The Kier molecular flexibility index (Phi) is 9.13. The van der Waals surface area contributed by atoms with Gasteiger partial charge in [0, 0.05) is 11.1 Å². The van der Waals surface area contributed by atoms with Gasteiger partial charge in [-0.3, -0.25) is 9.59 Å². The molecule has 0 aliphatic carbocycles. The molecule has 0 aliphatic heterocycles. The van der Waals surface area contributed by atoms with Crippen LogP contribution in [0.25, 0.3) is 11.0 Å². The van der Waals surface area contributed by atoms with E-state index >= 15 is 0 Å². The van der Waals surface area contributed by atoms with Gasteiger partial charge in [0.25, 0.3) is 5.95 Å². The van der Waals surface area contributed by atoms with Crippen molar-refractivity contribution in [2.45, 2.75) is 52.6 Å². The van der Waals surface area contributed by atoms with Crippen molar-refractivity contribution in [2.75, 3.05) is 13.2 Å². The summed E-state index contributed by atoms with van der Waals surface area (Å²) in [4.78, 5) is 35.1. The number of Topliss-reactive ketones (excluding diaryl/α,β-unsaturated/α-hetero) is 1. The zero-order chi connectivity index (χ0) is 27.1. The smallest absolute Gasteiger partial charge is 0.507 e. The third kappa shape index (κ3) is 6.59. The van der Waals surface area contributed by atoms with E-state index in [1.54, 1.807) is 12.1 Å². The molecule has 0 radical (unpaired) electrons. The number of ether oxygens (including phenoxy) is 3. The van der Waals surface area contributed by atoms with Crippen LogP contribution in [-0.2, 0) is 12.8 Å². The fourth-order valence-corrected chi connectivity index (χ4v) is 3.94. The number of carbonyl (C=O) groups excluding carboxylic acids is 1. The number of aryl methyl sites for hydroxylation is 1. The first kappa shape index (κ1) is 27.5. The number of ketones is 1. The van der Waals surface area contributed by atoms with Crippen LogP contribution in [0.2, 0.25) is 0 Å². The molecule has 0 spiro atoms. The number of fused-ring (bicyclic) bond motifs is 1. The Hall–Kier alpha value is -4.05. The summed E-state index contributed by atoms with van der Waals surface area (Å²) in [5.41, 5.74) is 0.937. The Bertz CT molecular complexity index is 1340. The van der Waals surface area contributed by atoms with Gasteiger partial charge in [-0.25, -0.2) is 4.79 Å². The second-order valence-corrected chi connectivity index (χ2v) is 8.49. The maximum absolute atomic E-state index is 12.4. The van der Waals surface area contributed by atoms with Gasteiger partial charge in [0.1, 0.15) is 42.1 Å². The molecule has 1 heterocycles. The Morgan fingerprint density at radius 2 is 1.57 bits per heavy atom. The molecule has 0 saturated carbocycles. The van der Waals surface area contributed by atoms with E-state index in [4.69, 9.17) is 19.0 Å². The fraction of sp³-hybridized carbons (Fsp3) is 0.370. The number of carbonyl (C=O) groups is 2. The summed E-state index contributed by atoms with van der Waals surface area (Å²) in [6.45, 7) is 4.93. The summed E-state index contributed by atoms with van der Waals surface area (Å²) in [6.07, 6.45) is -0.320. The Balaban J connectivity index is 1.78. The van der Waals surface area contributed by atoms with Gasteiger partial charge in [-0.2, -0.15) is 0 Å². The molecular formula is C27H30O10. The van der Waals surface area contributed by atoms with Crippen molar-refractivity contribution in [3.63, 3.8) is 0 Å². The zero-order valence-electron chi connectivity index (χ0n) is 20.9. The molecule has 3 N–H and O–H groups in total. The number of carboxylic acid groups (broad SMARTS) is 1. The van der Waals surface area contributed by atoms with Crippen LogP contribution in [0.4, 0.5) is 4.79 Å². The predicted octanol–water partition coefficient (Wildman–Crippen LogP) is 4.48. The van der Waals surface area contributed by atoms with Gasteiger partial charge in [-0.1, -0.05) is 26.7 Å². The summed E-state index contributed by atoms with van der Waals surface area (Å²) in [5.74, 6) is -0.0983. The van der Waals surface area contributed by atoms with E-state index in [1.165, 1.54) is 19.1 Å². The van der Waals surface area contributed by atoms with E-state index < -0.39 is 23.6 Å². The van der Waals surface area contributed by atoms with Crippen LogP contribution in [0.15, 0.2) is 39.5 Å². The summed E-state index contributed by atoms with van der Waals surface area (Å²) in [7, 11) is 0. The maximum Gasteiger partial charge on any atom is 0.513 e. The van der Waals surface area contributed by atoms with Crippen molar-refractivity contribution in [1.29, 1.82) is 0 Å². The van der Waals surface area contributed by atoms with Gasteiger partial charge in [0.05, 0.1) is 17.0 Å². The van der Waals surface area contributed by atoms with Gasteiger partial charge in [0.15, 0.2) is 11.2 Å². The predicted molar refractivity (Wildman–Crippen MR) is 134 cm³/mol. The van der Waals surface area contributed by atoms with E-state index in [2.05, 4.69) is 4.74 Å². The van der Waals surface area contributed by atoms with Crippen LogP contribution in [-0.4, -0.2) is 46.6 Å². The molecule has 2 aromatic carbocycles. The van der Waals surface area contributed by atoms with Crippen molar-refractivity contribution >= 4 is 22.9 Å². The maximum atomic E-state index is 12.4. The number of aromatic hydroxyl groups is 1. The largest absolute Gasteiger partial charge is 0.513 e. The molecule has 37 heavy (non-hydrogen) atoms. The van der Waals surface area contributed by atoms with Gasteiger partial charge in [0.2, 0.25) is 0 Å². The van der Waals surface area contributed by atoms with E-state index in [0.717, 1.165) is 6.07 Å². The van der Waals surface area contributed by atoms with Crippen molar-refractivity contribution in [1.82, 2.24) is 0 Å². The lowest BCUT2D eigenvalue weighted by Crippen LogP contribution is -2.25. The first-order chi connectivity index (χ1) is 17.7. The van der Waals surface area contributed by atoms with Crippen LogP contribution >= 0.6 is 0 Å². The summed E-state index contributed by atoms with van der Waals surface area (Å²) in [5, 5.41) is 30.1. The van der Waals surface area contributed by atoms with E-state index in [0.29, 0.717) is 48.3 Å². The third-order valence-electron chi connectivity index (χ3n) is 5.60. The number of phenolic OH excluding ortho intramolecular Hbond substituents is 1. The number of benzene rings is 2. The summed E-state index contributed by atoms with van der Waals surface area (Å²) < 4.78 is 21.6. The molecular weight excluding hydrogens is 484 g/mol. The Morgan fingerprint density at radius 3 is 2.16 bits per heavy atom. The van der Waals surface area contributed by atoms with Gasteiger partial charge in [-0.05, 0) is 44.0 Å². The van der Waals surface area contributed by atoms with Crippen LogP contribution < -0.4 is 19.6 Å². The molecule has 10 nitrogen and oxygen atoms in total. The van der Waals surface area contributed by atoms with E-state index in [-0.39, 0.29) is 41.3 Å². The number of aliphatic hydroxyl groups excluding tert-OH is 1. The van der Waals surface area contributed by atoms with Gasteiger partial charge >= 0.3 is 6.16 Å². The normalized spacial score (nSPS) is 11.8. The minimum absolute atomic E-state index is 0.120. The molecule has 0 saturated heterocycles. The third-order valence-corrected chi connectivity index (χ3v) is 5.60. The second-order valence-electron chi connectivity index (χ2n) is 8.49. The molecule has 0 aliphatic rings. The zero-order valence-corrected chi connectivity index (χ0v) is 20.9. The average molecular weight is 515 g/mol. The van der Waals surface area contributed by atoms with Crippen LogP contribution in [0.3, 0.4) is 0 Å². The molecule has 3 rings (SSSR count). The average Bonchev–Trinajstić information content (AvgIpc) is 2.83. The van der Waals surface area contributed by atoms with Gasteiger partial charge < -0.3 is 33.9 Å². The lowest BCUT2D eigenvalue weighted by molar-refractivity contribution is 0.0618. The van der Waals surface area contributed by atoms with E-state index in [1.807, 2.05) is 13.8 Å². The highest BCUT2D eigenvalue weighted by Crippen LogP contribution is 2.33. The number of hydrogen-bond donors (Lipinski definition) is 3. The summed E-state index contributed by atoms with van der Waals surface area (Å²) >= 11 is 0. The van der Waals surface area contributed by atoms with Crippen molar-refractivity contribution in [3.05, 3.63) is 57.2 Å². The van der Waals surface area contributed by atoms with Crippen molar-refractivity contribution in [3.8, 4) is 23.2 Å². The topological polar surface area (TPSA) is 153 Å². The number of hydrogen-bond acceptors (Lipinski definition) is 9. The minimum atomic E-state index is -1.61. The minimum Gasteiger partial charge on any atom is -0.507 e. The molecule has 0 fully saturated rings. The van der Waals surface area contributed by atoms with Crippen molar-refractivity contribution < 1.29 is 43.5 Å². The quantitative estimate of drug-likeness (QED) is 0.233. The van der Waals surface area contributed by atoms with Gasteiger partial charge in [-0.15, -0.1) is 0 Å². The highest BCUT2D eigenvalue weighted by Gasteiger charge is 2.19. The lowest BCUT2D eigenvalue weighted by atomic mass is 10.0. The molecule has 198 valence electrons. The van der Waals surface area contributed by atoms with Crippen molar-refractivity contribution in [2.24, 2.45) is 0 Å². The molecule has 1 unspecified atom stereocenters. The highest BCUT2D eigenvalue weighted by molar-refractivity contribution is 5.97. The van der Waals surface area contributed by atoms with Crippen LogP contribution in [0.5, 0.6) is 23.2 Å². The second kappa shape index (κ2) is 12.3. The molecule has 10 heteroatoms. The number of phenols is 1. The molecule has 0 amide bonds. The Labute approximate surface area is 213 Å². The number of aliphatic hydroxyl groups is 1. The van der Waals surface area contributed by atoms with Crippen LogP contribution in [0.1, 0.15) is 55.1 Å². The monoisotopic (exact) mass is 514 g/mol. The molecule has 3 aromatic rings. The number of rotatable bonds is 12. The van der Waals surface area contributed by atoms with E-state index in [9.17, 15) is 24.6 Å². The molecule has 1 atom stereocenters. The molecule has 1 aromatic heterocycles. The standard InChI is InChI=1S/C27H30O10/c1-4-6-19-22(10-8-17(15(3)28)25(19)31)34-13-16(29)14-35-23-11-9-18-21(30)12-24(37-27(32)33)36-26(18)20(23)7-5-2/h8-12,16,29,31H,4-7,13-14H2,1-3H3,(H,32,33). The molecule has 0 bridgehead atoms. The first-order valence-corrected chi connectivity index (χ1v) is 12.0. The Morgan fingerprint density at radius 1 is 0.973 bits per heavy atom. The highest BCUT2D eigenvalue weighted by atomic mass is 16.7. The SMILES string of the molecule is CCCc1c(OCC(O)COc2ccc3c(=O)cc(OC(=O)O)oc3c2CCC)ccc(C(C)=O)c1O. The first-order valence-electron chi connectivity index (χ1n) is 12.0. The van der Waals surface area contributed by atoms with Crippen LogP contribution in [0, 0.1) is 0 Å². The lowest BCUT2D eigenvalue weighted by Gasteiger charge is -2.18. The fourth-order valence-electron chi connectivity index (χ4n) is 3.94.